The summed E-state index contributed by atoms with van der Waals surface area (Å²) < 4.78 is 51.8. The number of fused-ring (bicyclic) bond motifs is 12. The van der Waals surface area contributed by atoms with Gasteiger partial charge in [-0.05, 0) is 172 Å². The number of hydrogen-bond donors (Lipinski definition) is 0. The molecule has 11 aromatic rings. The summed E-state index contributed by atoms with van der Waals surface area (Å²) in [6.45, 7) is 38.7. The summed E-state index contributed by atoms with van der Waals surface area (Å²) in [6, 6.07) is 53.8. The summed E-state index contributed by atoms with van der Waals surface area (Å²) in [7, 11) is 0. The van der Waals surface area contributed by atoms with Crippen molar-refractivity contribution in [1.82, 2.24) is 4.57 Å². The minimum Gasteiger partial charge on any atom is -0.310 e. The van der Waals surface area contributed by atoms with Gasteiger partial charge in [0.05, 0.1) is 34.9 Å². The second-order valence-electron chi connectivity index (χ2n) is 30.0. The fraction of sp³-hybridized carbons (Fsp3) is 0.291. The first-order valence-electron chi connectivity index (χ1n) is 32.7. The minimum absolute atomic E-state index is 0.106. The maximum atomic E-state index is 9.77. The molecule has 2 aliphatic heterocycles. The molecule has 9 aromatic carbocycles. The molecule has 4 heterocycles. The third-order valence-corrected chi connectivity index (χ3v) is 20.0. The van der Waals surface area contributed by atoms with Crippen molar-refractivity contribution >= 4 is 99.8 Å². The Labute approximate surface area is 511 Å². The van der Waals surface area contributed by atoms with Crippen molar-refractivity contribution in [3.63, 3.8) is 0 Å². The van der Waals surface area contributed by atoms with Gasteiger partial charge in [-0.15, -0.1) is 11.3 Å². The van der Waals surface area contributed by atoms with Gasteiger partial charge < -0.3 is 14.4 Å². The summed E-state index contributed by atoms with van der Waals surface area (Å²) in [5.74, 6) is 0. The predicted octanol–water partition coefficient (Wildman–Crippen LogP) is 20.5. The first kappa shape index (κ1) is 48.7. The summed E-state index contributed by atoms with van der Waals surface area (Å²) >= 11 is 1.88. The van der Waals surface area contributed by atoms with E-state index < -0.39 is 11.5 Å². The van der Waals surface area contributed by atoms with E-state index in [1.165, 1.54) is 75.8 Å². The zero-order valence-electron chi connectivity index (χ0n) is 57.2. The molecule has 84 heavy (non-hydrogen) atoms. The van der Waals surface area contributed by atoms with Crippen molar-refractivity contribution < 1.29 is 6.85 Å². The molecule has 0 radical (unpaired) electrons. The number of thiophene rings is 1. The van der Waals surface area contributed by atoms with E-state index in [9.17, 15) is 5.48 Å². The normalized spacial score (nSPS) is 15.6. The van der Waals surface area contributed by atoms with Crippen molar-refractivity contribution in [2.45, 2.75) is 150 Å². The Morgan fingerprint density at radius 2 is 0.905 bits per heavy atom. The van der Waals surface area contributed by atoms with Gasteiger partial charge in [0.2, 0.25) is 0 Å². The number of hydrogen-bond acceptors (Lipinski definition) is 3. The van der Waals surface area contributed by atoms with Crippen LogP contribution in [-0.2, 0) is 32.5 Å². The van der Waals surface area contributed by atoms with Crippen LogP contribution in [-0.4, -0.2) is 11.3 Å². The van der Waals surface area contributed by atoms with Gasteiger partial charge in [-0.25, -0.2) is 0 Å². The topological polar surface area (TPSA) is 11.4 Å². The molecule has 0 saturated heterocycles. The molecule has 0 unspecified atom stereocenters. The highest BCUT2D eigenvalue weighted by atomic mass is 32.1. The van der Waals surface area contributed by atoms with Crippen LogP contribution >= 0.6 is 11.3 Å². The Morgan fingerprint density at radius 1 is 0.440 bits per heavy atom. The molecule has 1 aliphatic carbocycles. The predicted molar refractivity (Wildman–Crippen MR) is 367 cm³/mol. The van der Waals surface area contributed by atoms with E-state index in [2.05, 4.69) is 278 Å². The zero-order chi connectivity index (χ0) is 63.5. The van der Waals surface area contributed by atoms with Gasteiger partial charge in [0, 0.05) is 53.8 Å². The molecular formula is C79H80BN3S. The highest BCUT2D eigenvalue weighted by Gasteiger charge is 2.50. The Balaban J connectivity index is 1.24. The molecular weight excluding hydrogens is 1030 g/mol. The van der Waals surface area contributed by atoms with Crippen LogP contribution < -0.4 is 25.5 Å². The summed E-state index contributed by atoms with van der Waals surface area (Å²) in [5, 5.41) is 3.56. The van der Waals surface area contributed by atoms with Crippen LogP contribution in [0.25, 0.3) is 59.8 Å². The number of aromatic nitrogens is 1. The highest BCUT2D eigenvalue weighted by molar-refractivity contribution is 7.33. The molecule has 0 saturated carbocycles. The van der Waals surface area contributed by atoms with Gasteiger partial charge in [0.1, 0.15) is 0 Å². The van der Waals surface area contributed by atoms with Gasteiger partial charge in [-0.1, -0.05) is 221 Å². The highest BCUT2D eigenvalue weighted by Crippen LogP contribution is 2.58. The average Bonchev–Trinajstić information content (AvgIpc) is 1.64. The van der Waals surface area contributed by atoms with Crippen LogP contribution in [0.1, 0.15) is 164 Å². The van der Waals surface area contributed by atoms with Crippen molar-refractivity contribution in [3.8, 4) is 27.9 Å². The lowest BCUT2D eigenvalue weighted by Crippen LogP contribution is -2.60. The van der Waals surface area contributed by atoms with Crippen molar-refractivity contribution in [1.29, 1.82) is 0 Å². The molecule has 0 amide bonds. The van der Waals surface area contributed by atoms with E-state index in [1.807, 2.05) is 11.3 Å². The van der Waals surface area contributed by atoms with Crippen molar-refractivity contribution in [2.24, 2.45) is 0 Å². The molecule has 5 heteroatoms. The largest absolute Gasteiger partial charge is 0.310 e. The first-order valence-corrected chi connectivity index (χ1v) is 31.0. The molecule has 3 aliphatic rings. The molecule has 420 valence electrons. The lowest BCUT2D eigenvalue weighted by molar-refractivity contribution is 0.590. The summed E-state index contributed by atoms with van der Waals surface area (Å²) in [6.07, 6.45) is 0. The first-order chi connectivity index (χ1) is 41.7. The SMILES string of the molecule is [2H]c1c([2H])c([2H])c(-c2cc3c4c(c2)N(c2ccc(C(C)(C)C)cc2)c2c(sc5ccc(C(C)(C)C)cc25)B4c2cc4c(c(-n5c6ccc(C(C)(C)C)cc6c6cc(C(C)(C)C)ccc65)c2N3c2ccc(C(C)(C)C)cc2)C(C)(C)c2ccccc2-4)c([2H])c1[2H]. The van der Waals surface area contributed by atoms with E-state index >= 15 is 0 Å². The van der Waals surface area contributed by atoms with Gasteiger partial charge >= 0.3 is 0 Å². The second kappa shape index (κ2) is 18.2. The van der Waals surface area contributed by atoms with Gasteiger partial charge in [0.25, 0.3) is 6.71 Å². The van der Waals surface area contributed by atoms with E-state index in [0.29, 0.717) is 5.56 Å². The number of anilines is 6. The van der Waals surface area contributed by atoms with Crippen LogP contribution in [0.5, 0.6) is 0 Å². The maximum Gasteiger partial charge on any atom is 0.264 e. The van der Waals surface area contributed by atoms with Gasteiger partial charge in [-0.3, -0.25) is 0 Å². The Bertz CT molecular complexity index is 4740. The summed E-state index contributed by atoms with van der Waals surface area (Å²) in [4.78, 5) is 4.96. The molecule has 0 spiro atoms. The fourth-order valence-electron chi connectivity index (χ4n) is 14.0. The molecule has 0 fully saturated rings. The molecule has 0 atom stereocenters. The number of benzene rings is 9. The molecule has 14 rings (SSSR count). The lowest BCUT2D eigenvalue weighted by Gasteiger charge is -2.45. The molecule has 2 aromatic heterocycles. The Morgan fingerprint density at radius 3 is 1.42 bits per heavy atom. The minimum atomic E-state index is -0.493. The van der Waals surface area contributed by atoms with Crippen LogP contribution in [0.4, 0.5) is 34.1 Å². The van der Waals surface area contributed by atoms with Crippen LogP contribution in [0.3, 0.4) is 0 Å². The molecule has 3 nitrogen and oxygen atoms in total. The third-order valence-electron chi connectivity index (χ3n) is 18.8. The quantitative estimate of drug-likeness (QED) is 0.163. The lowest BCUT2D eigenvalue weighted by atomic mass is 9.35. The Kier molecular flexibility index (Phi) is 10.6. The second-order valence-corrected chi connectivity index (χ2v) is 31.0. The molecule has 0 N–H and O–H groups in total. The maximum absolute atomic E-state index is 9.77. The van der Waals surface area contributed by atoms with E-state index in [1.54, 1.807) is 0 Å². The monoisotopic (exact) mass is 1120 g/mol. The number of nitrogens with zero attached hydrogens (tertiary/aromatic N) is 3. The van der Waals surface area contributed by atoms with Gasteiger partial charge in [0.15, 0.2) is 0 Å². The van der Waals surface area contributed by atoms with Crippen molar-refractivity contribution in [3.05, 3.63) is 215 Å². The standard InChI is InChI=1S/C79H80BN3S/c1-74(2,3)49-27-34-54(35-28-49)81-65-41-48(47-23-19-18-20-24-47)42-66-69(65)80(73-70(81)60-45-53(78(13,14)15)33-40-67(60)84-73)62-46-59-56-25-21-22-26-61(56)79(16,17)68(59)72(71(62)82(66)55-36-29-50(30-37-55)75(4,5)6)83-63-38-31-51(76(7,8)9)43-57(63)58-44-52(77(10,11)12)32-39-64(58)83/h18-46H,1-17H3/i18D,19D,20D,23D,24D. The van der Waals surface area contributed by atoms with E-state index in [-0.39, 0.29) is 63.5 Å². The summed E-state index contributed by atoms with van der Waals surface area (Å²) in [5.41, 5.74) is 22.2. The average molecular weight is 1120 g/mol. The molecule has 0 bridgehead atoms. The smallest absolute Gasteiger partial charge is 0.264 e. The van der Waals surface area contributed by atoms with Crippen molar-refractivity contribution in [2.75, 3.05) is 9.80 Å². The fourth-order valence-corrected chi connectivity index (χ4v) is 15.3. The number of rotatable bonds is 4. The zero-order valence-corrected chi connectivity index (χ0v) is 53.0. The van der Waals surface area contributed by atoms with E-state index in [4.69, 9.17) is 1.37 Å². The Hall–Kier alpha value is -7.60. The van der Waals surface area contributed by atoms with E-state index in [0.717, 1.165) is 61.7 Å². The third kappa shape index (κ3) is 8.25. The van der Waals surface area contributed by atoms with Crippen LogP contribution in [0.2, 0.25) is 0 Å². The van der Waals surface area contributed by atoms with Crippen LogP contribution in [0.15, 0.2) is 176 Å². The van der Waals surface area contributed by atoms with Crippen LogP contribution in [0, 0.1) is 0 Å². The van der Waals surface area contributed by atoms with Gasteiger partial charge in [-0.2, -0.15) is 0 Å².